The number of fused-ring (bicyclic) bond motifs is 8. The third kappa shape index (κ3) is 5.75. The fourth-order valence-corrected chi connectivity index (χ4v) is 6.76. The van der Waals surface area contributed by atoms with Crippen LogP contribution in [-0.2, 0) is 31.5 Å². The Morgan fingerprint density at radius 2 is 1.81 bits per heavy atom. The second-order valence-corrected chi connectivity index (χ2v) is 12.7. The number of hydrogen-bond acceptors (Lipinski definition) is 8. The minimum atomic E-state index is -1.68. The Morgan fingerprint density at radius 1 is 1.00 bits per heavy atom. The van der Waals surface area contributed by atoms with Gasteiger partial charge in [0.15, 0.2) is 17.5 Å². The number of benzene rings is 3. The number of anilines is 2. The highest BCUT2D eigenvalue weighted by Crippen LogP contribution is 2.41. The Kier molecular flexibility index (Phi) is 8.09. The smallest absolute Gasteiger partial charge is 0.352 e. The van der Waals surface area contributed by atoms with Crippen LogP contribution in [0.2, 0.25) is 5.02 Å². The molecule has 7 aromatic rings. The second kappa shape index (κ2) is 12.8. The molecule has 4 bridgehead atoms. The number of pyridine rings is 1. The summed E-state index contributed by atoms with van der Waals surface area (Å²) in [7, 11) is 1.74. The molecule has 52 heavy (non-hydrogen) atoms. The van der Waals surface area contributed by atoms with Gasteiger partial charge >= 0.3 is 11.4 Å². The topological polar surface area (TPSA) is 147 Å². The SMILES string of the molecule is Cn1cc2c3c(c(Cl)cc2n1)Nc1nc(=O)n(c(=O)n1Cc1cc(F)c(F)c(F)c1)-c1cncc2cccc(c12)CNC(=O)CCCn1cc-3cn1. The molecule has 2 aliphatic heterocycles. The molecule has 2 N–H and O–H groups in total. The second-order valence-electron chi connectivity index (χ2n) is 12.3. The van der Waals surface area contributed by atoms with E-state index in [0.717, 1.165) is 21.3 Å². The van der Waals surface area contributed by atoms with Crippen molar-refractivity contribution in [3.8, 4) is 16.8 Å². The Labute approximate surface area is 295 Å². The van der Waals surface area contributed by atoms with Crippen molar-refractivity contribution in [3.05, 3.63) is 122 Å². The number of aromatic nitrogens is 8. The maximum absolute atomic E-state index is 14.6. The molecule has 1 amide bonds. The fourth-order valence-electron chi connectivity index (χ4n) is 6.51. The van der Waals surface area contributed by atoms with Gasteiger partial charge in [0, 0.05) is 72.4 Å². The Morgan fingerprint density at radius 3 is 2.62 bits per heavy atom. The molecule has 3 aromatic carbocycles. The Balaban J connectivity index is 1.42. The van der Waals surface area contributed by atoms with Crippen LogP contribution < -0.4 is 22.0 Å². The highest BCUT2D eigenvalue weighted by molar-refractivity contribution is 6.35. The lowest BCUT2D eigenvalue weighted by Gasteiger charge is -2.19. The molecule has 0 atom stereocenters. The molecule has 0 unspecified atom stereocenters. The molecule has 2 aliphatic rings. The van der Waals surface area contributed by atoms with Crippen LogP contribution in [0.5, 0.6) is 0 Å². The van der Waals surface area contributed by atoms with Gasteiger partial charge in [0.05, 0.1) is 40.9 Å². The van der Waals surface area contributed by atoms with E-state index in [1.165, 1.54) is 6.20 Å². The zero-order valence-electron chi connectivity index (χ0n) is 27.2. The van der Waals surface area contributed by atoms with Crippen LogP contribution in [0.25, 0.3) is 38.5 Å². The van der Waals surface area contributed by atoms with E-state index in [1.54, 1.807) is 65.5 Å². The minimum Gasteiger partial charge on any atom is -0.352 e. The normalized spacial score (nSPS) is 13.4. The van der Waals surface area contributed by atoms with Gasteiger partial charge in [-0.05, 0) is 35.7 Å². The third-order valence-corrected chi connectivity index (χ3v) is 9.15. The van der Waals surface area contributed by atoms with Crippen LogP contribution >= 0.6 is 11.6 Å². The maximum atomic E-state index is 14.6. The van der Waals surface area contributed by atoms with Gasteiger partial charge in [-0.1, -0.05) is 29.8 Å². The molecule has 17 heteroatoms. The molecule has 0 spiro atoms. The summed E-state index contributed by atoms with van der Waals surface area (Å²) in [5.74, 6) is -5.16. The predicted molar refractivity (Wildman–Crippen MR) is 186 cm³/mol. The first-order valence-electron chi connectivity index (χ1n) is 16.0. The summed E-state index contributed by atoms with van der Waals surface area (Å²) in [4.78, 5) is 50.1. The summed E-state index contributed by atoms with van der Waals surface area (Å²) in [5.41, 5.74) is 0.374. The molecular formula is C35H26ClF3N10O3. The van der Waals surface area contributed by atoms with Gasteiger partial charge in [-0.15, -0.1) is 0 Å². The van der Waals surface area contributed by atoms with Gasteiger partial charge in [-0.2, -0.15) is 15.2 Å². The van der Waals surface area contributed by atoms with Crippen molar-refractivity contribution in [2.45, 2.75) is 32.5 Å². The number of carbonyl (C=O) groups excluding carboxylic acids is 1. The lowest BCUT2D eigenvalue weighted by atomic mass is 10.0. The predicted octanol–water partition coefficient (Wildman–Crippen LogP) is 4.97. The minimum absolute atomic E-state index is 0.0570. The van der Waals surface area contributed by atoms with Gasteiger partial charge in [-0.3, -0.25) is 23.7 Å². The molecule has 13 nitrogen and oxygen atoms in total. The van der Waals surface area contributed by atoms with Gasteiger partial charge in [0.2, 0.25) is 11.9 Å². The van der Waals surface area contributed by atoms with E-state index in [4.69, 9.17) is 11.6 Å². The molecule has 262 valence electrons. The first-order chi connectivity index (χ1) is 25.0. The standard InChI is InChI=1S/C35H26ClF3N10O3/c1-46-17-22-26(45-46)10-23(36)32-30(22)21-13-42-47(16-21)7-3-6-28(50)41-12-20-5-2-4-19-11-40-14-27(29(19)20)49-34(51)44-33(43-32)48(35(49)52)15-18-8-24(37)31(39)25(38)9-18/h2,4-5,8-11,13-14,16-17H,3,6-7,12,15H2,1H3,(H,41,50)(H,43,44,51). The fraction of sp³-hybridized carbons (Fsp3) is 0.171. The van der Waals surface area contributed by atoms with Crippen LogP contribution in [0.3, 0.4) is 0 Å². The maximum Gasteiger partial charge on any atom is 0.359 e. The summed E-state index contributed by atoms with van der Waals surface area (Å²) in [6.45, 7) is -0.0673. The zero-order valence-corrected chi connectivity index (χ0v) is 28.0. The molecule has 6 heterocycles. The van der Waals surface area contributed by atoms with E-state index in [1.807, 2.05) is 0 Å². The van der Waals surface area contributed by atoms with E-state index in [-0.39, 0.29) is 46.8 Å². The largest absolute Gasteiger partial charge is 0.359 e. The number of halogens is 4. The van der Waals surface area contributed by atoms with Crippen LogP contribution in [0.1, 0.15) is 24.0 Å². The summed E-state index contributed by atoms with van der Waals surface area (Å²) >= 11 is 6.88. The lowest BCUT2D eigenvalue weighted by Crippen LogP contribution is -2.42. The summed E-state index contributed by atoms with van der Waals surface area (Å²) in [5, 5.41) is 16.7. The number of nitrogens with zero attached hydrogens (tertiary/aromatic N) is 8. The van der Waals surface area contributed by atoms with E-state index in [9.17, 15) is 27.6 Å². The average Bonchev–Trinajstić information content (AvgIpc) is 3.73. The monoisotopic (exact) mass is 726 g/mol. The number of carbonyl (C=O) groups is 1. The number of rotatable bonds is 2. The van der Waals surface area contributed by atoms with Crippen LogP contribution in [0.4, 0.5) is 24.8 Å². The molecule has 9 rings (SSSR count). The summed E-state index contributed by atoms with van der Waals surface area (Å²) < 4.78 is 48.0. The van der Waals surface area contributed by atoms with E-state index < -0.39 is 35.4 Å². The highest BCUT2D eigenvalue weighted by atomic mass is 35.5. The van der Waals surface area contributed by atoms with Crippen LogP contribution in [0, 0.1) is 17.5 Å². The molecule has 0 fully saturated rings. The molecule has 0 saturated carbocycles. The van der Waals surface area contributed by atoms with Gasteiger partial charge in [0.1, 0.15) is 0 Å². The first-order valence-corrected chi connectivity index (χ1v) is 16.4. The average molecular weight is 727 g/mol. The van der Waals surface area contributed by atoms with E-state index >= 15 is 0 Å². The van der Waals surface area contributed by atoms with Gasteiger partial charge in [0.25, 0.3) is 0 Å². The van der Waals surface area contributed by atoms with Crippen molar-refractivity contribution in [1.82, 2.24) is 44.0 Å². The van der Waals surface area contributed by atoms with Gasteiger partial charge in [-0.25, -0.2) is 27.3 Å². The van der Waals surface area contributed by atoms with Gasteiger partial charge < -0.3 is 10.6 Å². The number of amides is 1. The lowest BCUT2D eigenvalue weighted by molar-refractivity contribution is -0.121. The highest BCUT2D eigenvalue weighted by Gasteiger charge is 2.24. The third-order valence-electron chi connectivity index (χ3n) is 8.85. The van der Waals surface area contributed by atoms with Crippen molar-refractivity contribution in [2.24, 2.45) is 7.05 Å². The van der Waals surface area contributed by atoms with E-state index in [2.05, 4.69) is 30.8 Å². The van der Waals surface area contributed by atoms with Crippen LogP contribution in [-0.4, -0.2) is 44.6 Å². The zero-order chi connectivity index (χ0) is 36.3. The quantitative estimate of drug-likeness (QED) is 0.238. The summed E-state index contributed by atoms with van der Waals surface area (Å²) in [6, 6.07) is 8.33. The van der Waals surface area contributed by atoms with Crippen molar-refractivity contribution in [2.75, 3.05) is 5.32 Å². The van der Waals surface area contributed by atoms with Crippen LogP contribution in [0.15, 0.2) is 77.0 Å². The molecule has 4 aromatic heterocycles. The molecule has 0 aliphatic carbocycles. The van der Waals surface area contributed by atoms with E-state index in [0.29, 0.717) is 51.3 Å². The molecular weight excluding hydrogens is 701 g/mol. The Bertz CT molecular complexity index is 2690. The number of aryl methyl sites for hydroxylation is 2. The summed E-state index contributed by atoms with van der Waals surface area (Å²) in [6.07, 6.45) is 8.68. The first kappa shape index (κ1) is 32.9. The van der Waals surface area contributed by atoms with Crippen molar-refractivity contribution >= 4 is 50.8 Å². The molecule has 0 radical (unpaired) electrons. The van der Waals surface area contributed by atoms with Crippen molar-refractivity contribution < 1.29 is 18.0 Å². The molecule has 0 saturated heterocycles. The number of hydrogen-bond donors (Lipinski definition) is 2. The Hall–Kier alpha value is -6.29. The van der Waals surface area contributed by atoms with Crippen molar-refractivity contribution in [1.29, 1.82) is 0 Å². The number of nitrogens with one attached hydrogen (secondary N) is 2. The van der Waals surface area contributed by atoms with Crippen molar-refractivity contribution in [3.63, 3.8) is 0 Å².